The minimum atomic E-state index is -0.377. The summed E-state index contributed by atoms with van der Waals surface area (Å²) in [6.07, 6.45) is 0.534. The lowest BCUT2D eigenvalue weighted by molar-refractivity contribution is -0.134. The van der Waals surface area contributed by atoms with E-state index in [-0.39, 0.29) is 24.2 Å². The van der Waals surface area contributed by atoms with Crippen LogP contribution in [-0.2, 0) is 4.79 Å². The molecule has 0 fully saturated rings. The molecule has 5 nitrogen and oxygen atoms in total. The molecule has 1 heterocycles. The molecule has 0 aliphatic heterocycles. The van der Waals surface area contributed by atoms with E-state index in [1.54, 1.807) is 13.8 Å². The zero-order valence-corrected chi connectivity index (χ0v) is 15.5. The van der Waals surface area contributed by atoms with Gasteiger partial charge in [-0.2, -0.15) is 0 Å². The molecule has 0 radical (unpaired) electrons. The quantitative estimate of drug-likeness (QED) is 0.726. The predicted octanol–water partition coefficient (Wildman–Crippen LogP) is 4.22. The van der Waals surface area contributed by atoms with Crippen molar-refractivity contribution in [2.45, 2.75) is 33.6 Å². The fourth-order valence-corrected chi connectivity index (χ4v) is 3.18. The van der Waals surface area contributed by atoms with E-state index >= 15 is 0 Å². The van der Waals surface area contributed by atoms with Crippen LogP contribution in [0.3, 0.4) is 0 Å². The van der Waals surface area contributed by atoms with Gasteiger partial charge in [-0.05, 0) is 25.1 Å². The molecule has 0 unspecified atom stereocenters. The van der Waals surface area contributed by atoms with Crippen LogP contribution in [0.4, 0.5) is 5.69 Å². The van der Waals surface area contributed by atoms with Crippen molar-refractivity contribution in [1.29, 1.82) is 0 Å². The van der Waals surface area contributed by atoms with Crippen LogP contribution in [0, 0.1) is 6.92 Å². The Hall–Kier alpha value is -1.73. The van der Waals surface area contributed by atoms with Crippen LogP contribution in [0.5, 0.6) is 5.88 Å². The molecule has 0 atom stereocenters. The van der Waals surface area contributed by atoms with Gasteiger partial charge in [0.1, 0.15) is 0 Å². The third-order valence-electron chi connectivity index (χ3n) is 3.02. The third-order valence-corrected chi connectivity index (χ3v) is 4.45. The van der Waals surface area contributed by atoms with Crippen molar-refractivity contribution in [1.82, 2.24) is 4.57 Å². The van der Waals surface area contributed by atoms with Crippen molar-refractivity contribution >= 4 is 44.8 Å². The smallest absolute Gasteiger partial charge is 0.312 e. The number of benzene rings is 1. The standard InChI is InChI=1S/C16H17BrN2O3S/c1-4-13(20)19-15(22-14(21)5-2)10(3)23-16(19)18-12-8-6-7-11(17)9-12/h6-9H,4-5H2,1-3H3. The molecule has 0 bridgehead atoms. The molecule has 0 N–H and O–H groups in total. The summed E-state index contributed by atoms with van der Waals surface area (Å²) in [6.45, 7) is 5.28. The number of aryl methyl sites for hydroxylation is 1. The summed E-state index contributed by atoms with van der Waals surface area (Å²) < 4.78 is 7.62. The van der Waals surface area contributed by atoms with Crippen molar-refractivity contribution in [3.63, 3.8) is 0 Å². The maximum absolute atomic E-state index is 12.3. The van der Waals surface area contributed by atoms with Gasteiger partial charge in [0, 0.05) is 17.3 Å². The summed E-state index contributed by atoms with van der Waals surface area (Å²) >= 11 is 4.72. The van der Waals surface area contributed by atoms with Crippen LogP contribution in [0.1, 0.15) is 36.4 Å². The van der Waals surface area contributed by atoms with Crippen LogP contribution < -0.4 is 9.54 Å². The van der Waals surface area contributed by atoms with Crippen molar-refractivity contribution < 1.29 is 14.3 Å². The van der Waals surface area contributed by atoms with Crippen molar-refractivity contribution in [2.75, 3.05) is 0 Å². The number of carbonyl (C=O) groups is 2. The highest BCUT2D eigenvalue weighted by Gasteiger charge is 2.19. The molecule has 122 valence electrons. The molecule has 1 aromatic heterocycles. The monoisotopic (exact) mass is 396 g/mol. The van der Waals surface area contributed by atoms with Gasteiger partial charge in [0.25, 0.3) is 0 Å². The van der Waals surface area contributed by atoms with Gasteiger partial charge in [-0.3, -0.25) is 9.59 Å². The Morgan fingerprint density at radius 3 is 2.65 bits per heavy atom. The summed E-state index contributed by atoms with van der Waals surface area (Å²) in [5, 5.41) is 0. The molecule has 2 rings (SSSR count). The number of esters is 1. The van der Waals surface area contributed by atoms with E-state index < -0.39 is 0 Å². The summed E-state index contributed by atoms with van der Waals surface area (Å²) in [7, 11) is 0. The van der Waals surface area contributed by atoms with Crippen molar-refractivity contribution in [3.05, 3.63) is 38.4 Å². The SMILES string of the molecule is CCC(=O)Oc1c(C)sc(=Nc2cccc(Br)c2)n1C(=O)CC. The number of carbonyl (C=O) groups excluding carboxylic acids is 2. The van der Waals surface area contributed by atoms with Gasteiger partial charge < -0.3 is 4.74 Å². The number of thiazole rings is 1. The maximum atomic E-state index is 12.3. The van der Waals surface area contributed by atoms with Crippen LogP contribution in [0.15, 0.2) is 33.7 Å². The number of nitrogens with zero attached hydrogens (tertiary/aromatic N) is 2. The minimum Gasteiger partial charge on any atom is -0.408 e. The fraction of sp³-hybridized carbons (Fsp3) is 0.312. The Morgan fingerprint density at radius 1 is 1.30 bits per heavy atom. The Bertz CT molecular complexity index is 808. The average molecular weight is 397 g/mol. The molecule has 0 saturated carbocycles. The van der Waals surface area contributed by atoms with E-state index in [0.717, 1.165) is 9.35 Å². The predicted molar refractivity (Wildman–Crippen MR) is 93.3 cm³/mol. The third kappa shape index (κ3) is 4.17. The Kier molecular flexibility index (Phi) is 5.90. The minimum absolute atomic E-state index is 0.165. The number of hydrogen-bond acceptors (Lipinski definition) is 5. The lowest BCUT2D eigenvalue weighted by Crippen LogP contribution is -2.24. The number of aromatic nitrogens is 1. The first-order valence-electron chi connectivity index (χ1n) is 7.22. The van der Waals surface area contributed by atoms with Gasteiger partial charge in [0.15, 0.2) is 4.80 Å². The zero-order chi connectivity index (χ0) is 17.0. The van der Waals surface area contributed by atoms with Crippen LogP contribution in [0.2, 0.25) is 0 Å². The van der Waals surface area contributed by atoms with Crippen LogP contribution in [-0.4, -0.2) is 16.4 Å². The topological polar surface area (TPSA) is 60.7 Å². The molecule has 0 spiro atoms. The Labute approximate surface area is 146 Å². The normalized spacial score (nSPS) is 11.6. The lowest BCUT2D eigenvalue weighted by Gasteiger charge is -2.07. The first-order chi connectivity index (χ1) is 11.0. The second kappa shape index (κ2) is 7.70. The summed E-state index contributed by atoms with van der Waals surface area (Å²) in [6, 6.07) is 7.47. The maximum Gasteiger partial charge on any atom is 0.312 e. The van der Waals surface area contributed by atoms with Gasteiger partial charge in [0.05, 0.1) is 10.6 Å². The lowest BCUT2D eigenvalue weighted by atomic mass is 10.3. The molecule has 0 amide bonds. The van der Waals surface area contributed by atoms with E-state index in [2.05, 4.69) is 20.9 Å². The first-order valence-corrected chi connectivity index (χ1v) is 8.83. The molecule has 0 aliphatic carbocycles. The first kappa shape index (κ1) is 17.6. The number of ether oxygens (including phenoxy) is 1. The summed E-state index contributed by atoms with van der Waals surface area (Å²) in [4.78, 5) is 29.7. The van der Waals surface area contributed by atoms with Gasteiger partial charge in [0.2, 0.25) is 11.8 Å². The Morgan fingerprint density at radius 2 is 2.04 bits per heavy atom. The molecular formula is C16H17BrN2O3S. The molecule has 0 aliphatic rings. The molecule has 1 aromatic carbocycles. The number of rotatable bonds is 4. The summed E-state index contributed by atoms with van der Waals surface area (Å²) in [5.41, 5.74) is 0.714. The highest BCUT2D eigenvalue weighted by Crippen LogP contribution is 2.23. The molecule has 2 aromatic rings. The zero-order valence-electron chi connectivity index (χ0n) is 13.1. The van der Waals surface area contributed by atoms with Gasteiger partial charge in [-0.1, -0.05) is 47.2 Å². The fourth-order valence-electron chi connectivity index (χ4n) is 1.88. The van der Waals surface area contributed by atoms with Gasteiger partial charge in [-0.15, -0.1) is 0 Å². The number of hydrogen-bond donors (Lipinski definition) is 0. The van der Waals surface area contributed by atoms with E-state index in [4.69, 9.17) is 4.74 Å². The molecular weight excluding hydrogens is 380 g/mol. The number of halogens is 1. The second-order valence-corrected chi connectivity index (χ2v) is 6.85. The molecule has 23 heavy (non-hydrogen) atoms. The van der Waals surface area contributed by atoms with E-state index in [1.807, 2.05) is 31.2 Å². The van der Waals surface area contributed by atoms with Crippen LogP contribution >= 0.6 is 27.3 Å². The van der Waals surface area contributed by atoms with Gasteiger partial charge >= 0.3 is 5.97 Å². The molecule has 7 heteroatoms. The summed E-state index contributed by atoms with van der Waals surface area (Å²) in [5.74, 6) is -0.276. The van der Waals surface area contributed by atoms with Crippen molar-refractivity contribution in [2.24, 2.45) is 4.99 Å². The van der Waals surface area contributed by atoms with E-state index in [9.17, 15) is 9.59 Å². The van der Waals surface area contributed by atoms with Crippen LogP contribution in [0.25, 0.3) is 0 Å². The Balaban J connectivity index is 2.62. The largest absolute Gasteiger partial charge is 0.408 e. The highest BCUT2D eigenvalue weighted by atomic mass is 79.9. The van der Waals surface area contributed by atoms with E-state index in [1.165, 1.54) is 15.9 Å². The second-order valence-electron chi connectivity index (χ2n) is 4.75. The van der Waals surface area contributed by atoms with E-state index in [0.29, 0.717) is 16.9 Å². The highest BCUT2D eigenvalue weighted by molar-refractivity contribution is 9.10. The van der Waals surface area contributed by atoms with Gasteiger partial charge in [-0.25, -0.2) is 9.56 Å². The average Bonchev–Trinajstić information content (AvgIpc) is 2.82. The van der Waals surface area contributed by atoms with Crippen molar-refractivity contribution in [3.8, 4) is 5.88 Å². The molecule has 0 saturated heterocycles.